The van der Waals surface area contributed by atoms with E-state index in [1.165, 1.54) is 23.0 Å². The summed E-state index contributed by atoms with van der Waals surface area (Å²) in [5.41, 5.74) is 0.382. The second-order valence-electron chi connectivity index (χ2n) is 11.4. The third-order valence-corrected chi connectivity index (χ3v) is 7.77. The van der Waals surface area contributed by atoms with Crippen LogP contribution in [0.5, 0.6) is 0 Å². The number of amides is 2. The van der Waals surface area contributed by atoms with E-state index in [-0.39, 0.29) is 30.1 Å². The molecule has 2 fully saturated rings. The summed E-state index contributed by atoms with van der Waals surface area (Å²) in [6.07, 6.45) is -9.31. The smallest absolute Gasteiger partial charge is 0.383 e. The first-order valence-corrected chi connectivity index (χ1v) is 14.0. The zero-order valence-corrected chi connectivity index (χ0v) is 23.3. The lowest BCUT2D eigenvalue weighted by atomic mass is 9.81. The van der Waals surface area contributed by atoms with E-state index in [1.54, 1.807) is 0 Å². The van der Waals surface area contributed by atoms with Gasteiger partial charge in [0.1, 0.15) is 6.10 Å². The maximum Gasteiger partial charge on any atom is 0.409 e. The van der Waals surface area contributed by atoms with Gasteiger partial charge in [0.05, 0.1) is 42.8 Å². The zero-order chi connectivity index (χ0) is 32.7. The number of carbonyl (C=O) groups is 2. The van der Waals surface area contributed by atoms with Crippen molar-refractivity contribution in [3.8, 4) is 0 Å². The Bertz CT molecular complexity index is 1520. The number of nitrogens with one attached hydrogen (secondary N) is 2. The highest BCUT2D eigenvalue weighted by atomic mass is 19.4. The summed E-state index contributed by atoms with van der Waals surface area (Å²) in [6, 6.07) is -0.219. The van der Waals surface area contributed by atoms with Gasteiger partial charge in [-0.1, -0.05) is 0 Å². The Morgan fingerprint density at radius 1 is 0.956 bits per heavy atom. The van der Waals surface area contributed by atoms with Crippen LogP contribution in [0.25, 0.3) is 5.65 Å². The minimum atomic E-state index is -4.75. The lowest BCUT2D eigenvalue weighted by Gasteiger charge is -2.33. The first kappa shape index (κ1) is 32.5. The molecule has 2 aliphatic carbocycles. The first-order chi connectivity index (χ1) is 21.0. The van der Waals surface area contributed by atoms with Gasteiger partial charge in [-0.25, -0.2) is 18.3 Å². The summed E-state index contributed by atoms with van der Waals surface area (Å²) in [5.74, 6) is -5.64. The van der Waals surface area contributed by atoms with E-state index in [0.29, 0.717) is 23.2 Å². The van der Waals surface area contributed by atoms with E-state index in [4.69, 9.17) is 0 Å². The Balaban J connectivity index is 1.39. The molecule has 19 heteroatoms. The summed E-state index contributed by atoms with van der Waals surface area (Å²) in [7, 11) is 0. The van der Waals surface area contributed by atoms with E-state index in [1.807, 2.05) is 0 Å². The molecule has 2 unspecified atom stereocenters. The summed E-state index contributed by atoms with van der Waals surface area (Å²) in [5, 5.41) is 26.1. The second-order valence-corrected chi connectivity index (χ2v) is 11.4. The highest BCUT2D eigenvalue weighted by Gasteiger charge is 2.41. The van der Waals surface area contributed by atoms with Crippen LogP contribution >= 0.6 is 0 Å². The molecule has 45 heavy (non-hydrogen) atoms. The van der Waals surface area contributed by atoms with Crippen LogP contribution < -0.4 is 10.6 Å². The highest BCUT2D eigenvalue weighted by Crippen LogP contribution is 2.43. The van der Waals surface area contributed by atoms with Crippen LogP contribution in [-0.2, 0) is 11.3 Å². The molecule has 0 saturated heterocycles. The molecule has 3 atom stereocenters. The Hall–Kier alpha value is -3.90. The lowest BCUT2D eigenvalue weighted by molar-refractivity contribution is -0.163. The molecule has 3 N–H and O–H groups in total. The standard InChI is InChI=1S/C26H28F8N8O3/c27-24(28)5-3-14(4-6-24)21(39-22(44)16-10-36-42(40-16)12-26(32,33)34)17-11-41-19(37-17)7-15(9-35-41)20(13-1-2-13)38-23(45)18(43)8-25(29,30)31/h7,9-11,13-14,18,20-21,43H,1-6,8,12H2,(H,38,45)(H,39,44)/t18?,20?,21-/m0/s1. The zero-order valence-electron chi connectivity index (χ0n) is 23.3. The van der Waals surface area contributed by atoms with Gasteiger partial charge >= 0.3 is 12.4 Å². The van der Waals surface area contributed by atoms with Crippen molar-refractivity contribution in [3.05, 3.63) is 41.6 Å². The van der Waals surface area contributed by atoms with Crippen molar-refractivity contribution in [1.29, 1.82) is 0 Å². The number of imidazole rings is 1. The highest BCUT2D eigenvalue weighted by molar-refractivity contribution is 5.92. The minimum absolute atomic E-state index is 0.00129. The fourth-order valence-electron chi connectivity index (χ4n) is 5.38. The maximum atomic E-state index is 14.0. The average molecular weight is 653 g/mol. The third kappa shape index (κ3) is 8.43. The van der Waals surface area contributed by atoms with E-state index < -0.39 is 85.7 Å². The molecular formula is C26H28F8N8O3. The number of carbonyl (C=O) groups excluding carboxylic acids is 2. The van der Waals surface area contributed by atoms with E-state index >= 15 is 0 Å². The van der Waals surface area contributed by atoms with Gasteiger partial charge < -0.3 is 15.7 Å². The van der Waals surface area contributed by atoms with Crippen LogP contribution in [0.3, 0.4) is 0 Å². The van der Waals surface area contributed by atoms with E-state index in [2.05, 4.69) is 30.9 Å². The molecule has 0 aliphatic heterocycles. The molecule has 2 amide bonds. The average Bonchev–Trinajstić information content (AvgIpc) is 3.51. The number of aliphatic hydroxyl groups excluding tert-OH is 1. The number of rotatable bonds is 10. The number of hydrogen-bond acceptors (Lipinski definition) is 7. The second kappa shape index (κ2) is 12.1. The maximum absolute atomic E-state index is 14.0. The van der Waals surface area contributed by atoms with Gasteiger partial charge in [-0.2, -0.15) is 41.3 Å². The Kier molecular flexibility index (Phi) is 8.76. The first-order valence-electron chi connectivity index (χ1n) is 14.0. The molecule has 5 rings (SSSR count). The van der Waals surface area contributed by atoms with E-state index in [9.17, 15) is 49.8 Å². The van der Waals surface area contributed by atoms with Gasteiger partial charge in [-0.3, -0.25) is 9.59 Å². The molecule has 3 aromatic rings. The van der Waals surface area contributed by atoms with Crippen molar-refractivity contribution in [2.45, 2.75) is 88.0 Å². The summed E-state index contributed by atoms with van der Waals surface area (Å²) < 4.78 is 105. The van der Waals surface area contributed by atoms with Gasteiger partial charge in [0.25, 0.3) is 5.91 Å². The van der Waals surface area contributed by atoms with Gasteiger partial charge in [0.2, 0.25) is 11.8 Å². The van der Waals surface area contributed by atoms with Gasteiger partial charge in [-0.05, 0) is 49.1 Å². The number of hydrogen-bond donors (Lipinski definition) is 3. The van der Waals surface area contributed by atoms with Crippen molar-refractivity contribution < 1.29 is 49.8 Å². The minimum Gasteiger partial charge on any atom is -0.383 e. The van der Waals surface area contributed by atoms with Crippen molar-refractivity contribution in [1.82, 2.24) is 40.2 Å². The number of nitrogens with zero attached hydrogens (tertiary/aromatic N) is 6. The van der Waals surface area contributed by atoms with Crippen LogP contribution in [0.2, 0.25) is 0 Å². The summed E-state index contributed by atoms with van der Waals surface area (Å²) in [6.45, 7) is -1.52. The number of halogens is 8. The van der Waals surface area contributed by atoms with Gasteiger partial charge in [-0.15, -0.1) is 5.10 Å². The molecule has 0 radical (unpaired) electrons. The molecule has 0 spiro atoms. The molecular weight excluding hydrogens is 624 g/mol. The molecule has 246 valence electrons. The normalized spacial score (nSPS) is 19.7. The molecule has 2 aliphatic rings. The number of alkyl halides is 8. The Morgan fingerprint density at radius 2 is 1.62 bits per heavy atom. The Morgan fingerprint density at radius 3 is 2.24 bits per heavy atom. The van der Waals surface area contributed by atoms with Gasteiger partial charge in [0, 0.05) is 12.8 Å². The molecule has 2 saturated carbocycles. The SMILES string of the molecule is O=C(N[C@H](c1cn2ncc(C(NC(=O)C(O)CC(F)(F)F)C3CC3)cc2n1)C1CCC(F)(F)CC1)c1cnn(CC(F)(F)F)n1. The quantitative estimate of drug-likeness (QED) is 0.281. The monoisotopic (exact) mass is 652 g/mol. The van der Waals surface area contributed by atoms with Crippen molar-refractivity contribution >= 4 is 17.5 Å². The topological polar surface area (TPSA) is 139 Å². The molecule has 3 aromatic heterocycles. The summed E-state index contributed by atoms with van der Waals surface area (Å²) in [4.78, 5) is 30.2. The van der Waals surface area contributed by atoms with Crippen LogP contribution in [0.1, 0.15) is 78.8 Å². The largest absolute Gasteiger partial charge is 0.409 e. The number of aromatic nitrogens is 6. The molecule has 3 heterocycles. The number of fused-ring (bicyclic) bond motifs is 1. The predicted molar refractivity (Wildman–Crippen MR) is 136 cm³/mol. The van der Waals surface area contributed by atoms with Crippen molar-refractivity contribution in [2.24, 2.45) is 11.8 Å². The number of aliphatic hydroxyl groups is 1. The van der Waals surface area contributed by atoms with Gasteiger partial charge in [0.15, 0.2) is 17.9 Å². The van der Waals surface area contributed by atoms with Crippen LogP contribution in [0, 0.1) is 11.8 Å². The molecule has 11 nitrogen and oxygen atoms in total. The Labute approximate surface area is 249 Å². The fraction of sp³-hybridized carbons (Fsp3) is 0.615. The predicted octanol–water partition coefficient (Wildman–Crippen LogP) is 4.06. The molecule has 0 bridgehead atoms. The van der Waals surface area contributed by atoms with Crippen molar-refractivity contribution in [2.75, 3.05) is 0 Å². The third-order valence-electron chi connectivity index (χ3n) is 7.77. The molecule has 0 aromatic carbocycles. The van der Waals surface area contributed by atoms with Crippen LogP contribution in [0.15, 0.2) is 24.7 Å². The fourth-order valence-corrected chi connectivity index (χ4v) is 5.38. The summed E-state index contributed by atoms with van der Waals surface area (Å²) >= 11 is 0. The lowest BCUT2D eigenvalue weighted by Crippen LogP contribution is -2.40. The van der Waals surface area contributed by atoms with Crippen molar-refractivity contribution in [3.63, 3.8) is 0 Å². The van der Waals surface area contributed by atoms with E-state index in [0.717, 1.165) is 6.20 Å². The van der Waals surface area contributed by atoms with Crippen LogP contribution in [0.4, 0.5) is 35.1 Å². The van der Waals surface area contributed by atoms with Crippen LogP contribution in [-0.4, -0.2) is 70.9 Å².